The van der Waals surface area contributed by atoms with Crippen molar-refractivity contribution >= 4 is 27.6 Å². The van der Waals surface area contributed by atoms with Crippen LogP contribution in [0.3, 0.4) is 0 Å². The Hall–Kier alpha value is -1.03. The molecule has 0 aromatic heterocycles. The summed E-state index contributed by atoms with van der Waals surface area (Å²) in [6.07, 6.45) is 3.37. The number of carboxylic acids is 1. The maximum Gasteiger partial charge on any atom is 0.338 e. The minimum Gasteiger partial charge on any atom is -0.478 e. The molecule has 0 aliphatic heterocycles. The molecule has 1 aromatic carbocycles. The molecule has 0 atom stereocenters. The van der Waals surface area contributed by atoms with Gasteiger partial charge in [-0.25, -0.2) is 4.79 Å². The van der Waals surface area contributed by atoms with Crippen LogP contribution in [0, 0.1) is 0 Å². The lowest BCUT2D eigenvalue weighted by atomic mass is 10.1. The summed E-state index contributed by atoms with van der Waals surface area (Å²) in [4.78, 5) is 13.6. The molecule has 0 heterocycles. The molecular weight excluding hydrogens is 282 g/mol. The molecule has 3 nitrogen and oxygen atoms in total. The Labute approximate surface area is 110 Å². The fourth-order valence-corrected chi connectivity index (χ4v) is 2.62. The van der Waals surface area contributed by atoms with Gasteiger partial charge in [0, 0.05) is 17.1 Å². The van der Waals surface area contributed by atoms with Crippen LogP contribution in [-0.4, -0.2) is 23.7 Å². The summed E-state index contributed by atoms with van der Waals surface area (Å²) in [6, 6.07) is 6.12. The van der Waals surface area contributed by atoms with E-state index in [0.717, 1.165) is 18.7 Å². The number of halogens is 1. The third-order valence-electron chi connectivity index (χ3n) is 2.97. The average Bonchev–Trinajstić information content (AvgIpc) is 3.08. The topological polar surface area (TPSA) is 40.5 Å². The molecule has 1 fully saturated rings. The number of carboxylic acid groups (broad SMARTS) is 1. The minimum absolute atomic E-state index is 0.382. The summed E-state index contributed by atoms with van der Waals surface area (Å²) < 4.78 is 0.657. The standard InChI is InChI=1S/C13H16BrNO2/c1-2-8-15(9-6-7-9)11-5-3-4-10(14)12(11)13(16)17/h3-5,9H,2,6-8H2,1H3,(H,16,17). The molecule has 17 heavy (non-hydrogen) atoms. The van der Waals surface area contributed by atoms with E-state index in [9.17, 15) is 9.90 Å². The highest BCUT2D eigenvalue weighted by atomic mass is 79.9. The zero-order valence-electron chi connectivity index (χ0n) is 9.82. The lowest BCUT2D eigenvalue weighted by Gasteiger charge is -2.26. The van der Waals surface area contributed by atoms with Gasteiger partial charge in [0.25, 0.3) is 0 Å². The maximum atomic E-state index is 11.3. The van der Waals surface area contributed by atoms with E-state index in [1.807, 2.05) is 12.1 Å². The highest BCUT2D eigenvalue weighted by molar-refractivity contribution is 9.10. The summed E-state index contributed by atoms with van der Waals surface area (Å²) in [6.45, 7) is 3.04. The molecule has 0 saturated heterocycles. The van der Waals surface area contributed by atoms with Crippen molar-refractivity contribution < 1.29 is 9.90 Å². The monoisotopic (exact) mass is 297 g/mol. The van der Waals surface area contributed by atoms with Crippen molar-refractivity contribution in [2.45, 2.75) is 32.2 Å². The Bertz CT molecular complexity index is 429. The molecule has 0 spiro atoms. The van der Waals surface area contributed by atoms with Crippen LogP contribution in [0.1, 0.15) is 36.5 Å². The van der Waals surface area contributed by atoms with Gasteiger partial charge < -0.3 is 10.0 Å². The SMILES string of the molecule is CCCN(c1cccc(Br)c1C(=O)O)C1CC1. The second-order valence-corrected chi connectivity index (χ2v) is 5.22. The predicted octanol–water partition coefficient (Wildman–Crippen LogP) is 3.53. The van der Waals surface area contributed by atoms with Crippen LogP contribution in [-0.2, 0) is 0 Å². The number of rotatable bonds is 5. The summed E-state index contributed by atoms with van der Waals surface area (Å²) in [5.74, 6) is -0.866. The van der Waals surface area contributed by atoms with E-state index in [0.29, 0.717) is 16.1 Å². The summed E-state index contributed by atoms with van der Waals surface area (Å²) in [5.41, 5.74) is 1.23. The molecule has 2 rings (SSSR count). The van der Waals surface area contributed by atoms with Crippen LogP contribution >= 0.6 is 15.9 Å². The van der Waals surface area contributed by atoms with Crippen molar-refractivity contribution in [3.05, 3.63) is 28.2 Å². The first-order chi connectivity index (χ1) is 8.15. The largest absolute Gasteiger partial charge is 0.478 e. The fraction of sp³-hybridized carbons (Fsp3) is 0.462. The first kappa shape index (κ1) is 12.4. The van der Waals surface area contributed by atoms with Gasteiger partial charge >= 0.3 is 5.97 Å². The molecule has 92 valence electrons. The summed E-state index contributed by atoms with van der Waals surface area (Å²) in [7, 11) is 0. The van der Waals surface area contributed by atoms with Crippen LogP contribution in [0.2, 0.25) is 0 Å². The van der Waals surface area contributed by atoms with Crippen molar-refractivity contribution in [3.63, 3.8) is 0 Å². The highest BCUT2D eigenvalue weighted by Gasteiger charge is 2.31. The highest BCUT2D eigenvalue weighted by Crippen LogP contribution is 2.36. The Morgan fingerprint density at radius 3 is 2.76 bits per heavy atom. The predicted molar refractivity (Wildman–Crippen MR) is 71.8 cm³/mol. The second-order valence-electron chi connectivity index (χ2n) is 4.36. The minimum atomic E-state index is -0.866. The maximum absolute atomic E-state index is 11.3. The van der Waals surface area contributed by atoms with Crippen LogP contribution in [0.4, 0.5) is 5.69 Å². The normalized spacial score (nSPS) is 14.7. The van der Waals surface area contributed by atoms with Crippen molar-refractivity contribution in [2.24, 2.45) is 0 Å². The molecule has 4 heteroatoms. The quantitative estimate of drug-likeness (QED) is 0.904. The van der Waals surface area contributed by atoms with E-state index in [1.165, 1.54) is 12.8 Å². The van der Waals surface area contributed by atoms with Crippen molar-refractivity contribution in [1.82, 2.24) is 0 Å². The van der Waals surface area contributed by atoms with Crippen LogP contribution in [0.5, 0.6) is 0 Å². The molecule has 1 aromatic rings. The third-order valence-corrected chi connectivity index (χ3v) is 3.63. The van der Waals surface area contributed by atoms with Crippen molar-refractivity contribution in [1.29, 1.82) is 0 Å². The summed E-state index contributed by atoms with van der Waals surface area (Å²) in [5, 5.41) is 9.31. The van der Waals surface area contributed by atoms with Gasteiger partial charge in [0.15, 0.2) is 0 Å². The number of aromatic carboxylic acids is 1. The number of carbonyl (C=O) groups is 1. The molecule has 0 unspecified atom stereocenters. The Morgan fingerprint density at radius 1 is 1.53 bits per heavy atom. The van der Waals surface area contributed by atoms with Crippen molar-refractivity contribution in [2.75, 3.05) is 11.4 Å². The molecular formula is C13H16BrNO2. The smallest absolute Gasteiger partial charge is 0.338 e. The first-order valence-electron chi connectivity index (χ1n) is 5.93. The molecule has 1 N–H and O–H groups in total. The number of anilines is 1. The van der Waals surface area contributed by atoms with Crippen LogP contribution < -0.4 is 4.90 Å². The molecule has 1 aliphatic rings. The van der Waals surface area contributed by atoms with Gasteiger partial charge in [-0.3, -0.25) is 0 Å². The van der Waals surface area contributed by atoms with Gasteiger partial charge in [-0.05, 0) is 47.3 Å². The van der Waals surface area contributed by atoms with E-state index in [4.69, 9.17) is 0 Å². The van der Waals surface area contributed by atoms with Gasteiger partial charge in [0.05, 0.1) is 11.3 Å². The Morgan fingerprint density at radius 2 is 2.24 bits per heavy atom. The van der Waals surface area contributed by atoms with Gasteiger partial charge in [0.2, 0.25) is 0 Å². The van der Waals surface area contributed by atoms with Crippen LogP contribution in [0.15, 0.2) is 22.7 Å². The molecule has 0 bridgehead atoms. The number of hydrogen-bond donors (Lipinski definition) is 1. The average molecular weight is 298 g/mol. The number of hydrogen-bond acceptors (Lipinski definition) is 2. The van der Waals surface area contributed by atoms with Crippen LogP contribution in [0.25, 0.3) is 0 Å². The lowest BCUT2D eigenvalue weighted by Crippen LogP contribution is -2.28. The molecule has 1 saturated carbocycles. The van der Waals surface area contributed by atoms with E-state index in [1.54, 1.807) is 6.07 Å². The van der Waals surface area contributed by atoms with E-state index >= 15 is 0 Å². The third kappa shape index (κ3) is 2.63. The van der Waals surface area contributed by atoms with Crippen molar-refractivity contribution in [3.8, 4) is 0 Å². The fourth-order valence-electron chi connectivity index (χ4n) is 2.09. The van der Waals surface area contributed by atoms with E-state index in [-0.39, 0.29) is 0 Å². The Balaban J connectivity index is 2.41. The van der Waals surface area contributed by atoms with E-state index < -0.39 is 5.97 Å². The number of nitrogens with zero attached hydrogens (tertiary/aromatic N) is 1. The zero-order chi connectivity index (χ0) is 12.4. The Kier molecular flexibility index (Phi) is 3.72. The molecule has 0 amide bonds. The summed E-state index contributed by atoms with van der Waals surface area (Å²) >= 11 is 3.33. The lowest BCUT2D eigenvalue weighted by molar-refractivity contribution is 0.0696. The molecule has 0 radical (unpaired) electrons. The zero-order valence-corrected chi connectivity index (χ0v) is 11.4. The molecule has 1 aliphatic carbocycles. The second kappa shape index (κ2) is 5.08. The van der Waals surface area contributed by atoms with E-state index in [2.05, 4.69) is 27.8 Å². The van der Waals surface area contributed by atoms with Gasteiger partial charge in [-0.1, -0.05) is 13.0 Å². The van der Waals surface area contributed by atoms with Gasteiger partial charge in [-0.2, -0.15) is 0 Å². The van der Waals surface area contributed by atoms with Gasteiger partial charge in [-0.15, -0.1) is 0 Å². The number of benzene rings is 1. The first-order valence-corrected chi connectivity index (χ1v) is 6.73. The van der Waals surface area contributed by atoms with Gasteiger partial charge in [0.1, 0.15) is 0 Å².